The van der Waals surface area contributed by atoms with Gasteiger partial charge in [0, 0.05) is 12.4 Å². The van der Waals surface area contributed by atoms with Gasteiger partial charge in [-0.05, 0) is 29.8 Å². The molecule has 3 aromatic rings. The van der Waals surface area contributed by atoms with Crippen LogP contribution in [0.5, 0.6) is 5.75 Å². The number of nitrogens with one attached hydrogen (secondary N) is 1. The zero-order chi connectivity index (χ0) is 15.7. The van der Waals surface area contributed by atoms with Crippen LogP contribution in [0.25, 0.3) is 22.0 Å². The zero-order valence-electron chi connectivity index (χ0n) is 12.2. The van der Waals surface area contributed by atoms with Crippen molar-refractivity contribution in [2.45, 2.75) is 0 Å². The van der Waals surface area contributed by atoms with Gasteiger partial charge in [-0.1, -0.05) is 12.1 Å². The molecule has 0 fully saturated rings. The maximum Gasteiger partial charge on any atom is 0.222 e. The second-order valence-corrected chi connectivity index (χ2v) is 4.73. The summed E-state index contributed by atoms with van der Waals surface area (Å²) in [5.41, 5.74) is 7.42. The summed E-state index contributed by atoms with van der Waals surface area (Å²) in [4.78, 5) is 8.35. The van der Waals surface area contributed by atoms with Gasteiger partial charge in [0.1, 0.15) is 17.4 Å². The Hall–Kier alpha value is -2.89. The molecular weight excluding hydrogens is 283 g/mol. The number of hydrogen-bond acceptors (Lipinski definition) is 5. The molecule has 0 aliphatic heterocycles. The van der Waals surface area contributed by atoms with Gasteiger partial charge in [-0.15, -0.1) is 0 Å². The first-order valence-corrected chi connectivity index (χ1v) is 6.72. The molecule has 0 bridgehead atoms. The molecule has 0 saturated carbocycles. The van der Waals surface area contributed by atoms with Crippen LogP contribution in [0.2, 0.25) is 0 Å². The molecule has 0 aliphatic carbocycles. The van der Waals surface area contributed by atoms with Gasteiger partial charge < -0.3 is 15.8 Å². The number of hydrogen-bond donors (Lipinski definition) is 2. The van der Waals surface area contributed by atoms with E-state index >= 15 is 0 Å². The van der Waals surface area contributed by atoms with Crippen molar-refractivity contribution in [3.8, 4) is 16.9 Å². The number of rotatable bonds is 3. The quantitative estimate of drug-likeness (QED) is 0.777. The lowest BCUT2D eigenvalue weighted by Crippen LogP contribution is -2.01. The number of ether oxygens (including phenoxy) is 1. The van der Waals surface area contributed by atoms with E-state index in [1.54, 1.807) is 25.2 Å². The molecule has 0 spiro atoms. The van der Waals surface area contributed by atoms with E-state index in [-0.39, 0.29) is 11.8 Å². The fraction of sp³-hybridized carbons (Fsp3) is 0.125. The summed E-state index contributed by atoms with van der Waals surface area (Å²) in [6.45, 7) is 0. The van der Waals surface area contributed by atoms with Crippen LogP contribution in [0.3, 0.4) is 0 Å². The third-order valence-electron chi connectivity index (χ3n) is 3.43. The largest absolute Gasteiger partial charge is 0.496 e. The van der Waals surface area contributed by atoms with Crippen molar-refractivity contribution in [2.75, 3.05) is 25.2 Å². The number of methoxy groups -OCH3 is 1. The van der Waals surface area contributed by atoms with Crippen molar-refractivity contribution >= 4 is 22.7 Å². The fourth-order valence-corrected chi connectivity index (χ4v) is 2.45. The topological polar surface area (TPSA) is 73.1 Å². The van der Waals surface area contributed by atoms with Gasteiger partial charge in [-0.2, -0.15) is 4.98 Å². The molecule has 3 N–H and O–H groups in total. The SMILES string of the molecule is CNc1nc(N)nc2cc(-c3c(F)cccc3OC)ccc12. The first kappa shape index (κ1) is 14.1. The van der Waals surface area contributed by atoms with E-state index in [1.807, 2.05) is 12.1 Å². The van der Waals surface area contributed by atoms with Crippen LogP contribution >= 0.6 is 0 Å². The molecule has 5 nitrogen and oxygen atoms in total. The van der Waals surface area contributed by atoms with Crippen LogP contribution in [-0.2, 0) is 0 Å². The molecular formula is C16H15FN4O. The monoisotopic (exact) mass is 298 g/mol. The second kappa shape index (κ2) is 5.48. The minimum atomic E-state index is -0.352. The lowest BCUT2D eigenvalue weighted by Gasteiger charge is -2.11. The Labute approximate surface area is 127 Å². The number of nitrogens with zero attached hydrogens (tertiary/aromatic N) is 2. The maximum atomic E-state index is 14.2. The highest BCUT2D eigenvalue weighted by atomic mass is 19.1. The molecule has 0 unspecified atom stereocenters. The van der Waals surface area contributed by atoms with E-state index < -0.39 is 0 Å². The minimum absolute atomic E-state index is 0.162. The lowest BCUT2D eigenvalue weighted by molar-refractivity contribution is 0.413. The van der Waals surface area contributed by atoms with Crippen LogP contribution < -0.4 is 15.8 Å². The highest BCUT2D eigenvalue weighted by Gasteiger charge is 2.13. The number of benzene rings is 2. The Bertz CT molecular complexity index is 851. The molecule has 6 heteroatoms. The number of aromatic nitrogens is 2. The Morgan fingerprint density at radius 1 is 1.18 bits per heavy atom. The first-order valence-electron chi connectivity index (χ1n) is 6.72. The number of nitrogen functional groups attached to an aromatic ring is 1. The van der Waals surface area contributed by atoms with E-state index in [0.29, 0.717) is 28.2 Å². The van der Waals surface area contributed by atoms with Crippen LogP contribution in [0.15, 0.2) is 36.4 Å². The number of halogens is 1. The third kappa shape index (κ3) is 2.28. The maximum absolute atomic E-state index is 14.2. The summed E-state index contributed by atoms with van der Waals surface area (Å²) in [7, 11) is 3.27. The Kier molecular flexibility index (Phi) is 3.50. The Morgan fingerprint density at radius 3 is 2.73 bits per heavy atom. The predicted octanol–water partition coefficient (Wildman–Crippen LogP) is 3.07. The third-order valence-corrected chi connectivity index (χ3v) is 3.43. The molecule has 22 heavy (non-hydrogen) atoms. The fourth-order valence-electron chi connectivity index (χ4n) is 2.45. The molecule has 2 aromatic carbocycles. The second-order valence-electron chi connectivity index (χ2n) is 4.73. The van der Waals surface area contributed by atoms with Gasteiger partial charge in [0.2, 0.25) is 5.95 Å². The van der Waals surface area contributed by atoms with Crippen LogP contribution in [0.1, 0.15) is 0 Å². The lowest BCUT2D eigenvalue weighted by atomic mass is 10.0. The van der Waals surface area contributed by atoms with Crippen LogP contribution in [0.4, 0.5) is 16.2 Å². The number of nitrogens with two attached hydrogens (primary N) is 1. The molecule has 0 amide bonds. The van der Waals surface area contributed by atoms with E-state index in [9.17, 15) is 4.39 Å². The van der Waals surface area contributed by atoms with E-state index in [1.165, 1.54) is 13.2 Å². The summed E-state index contributed by atoms with van der Waals surface area (Å²) in [5, 5.41) is 3.79. The van der Waals surface area contributed by atoms with Crippen molar-refractivity contribution in [3.63, 3.8) is 0 Å². The molecule has 0 saturated heterocycles. The highest BCUT2D eigenvalue weighted by Crippen LogP contribution is 2.34. The van der Waals surface area contributed by atoms with Crippen molar-refractivity contribution < 1.29 is 9.13 Å². The minimum Gasteiger partial charge on any atom is -0.496 e. The normalized spacial score (nSPS) is 10.7. The standard InChI is InChI=1S/C16H15FN4O/c1-19-15-10-7-6-9(8-12(10)20-16(18)21-15)14-11(17)4-3-5-13(14)22-2/h3-8H,1-2H3,(H3,18,19,20,21). The van der Waals surface area contributed by atoms with Gasteiger partial charge in [0.05, 0.1) is 18.2 Å². The molecule has 1 aromatic heterocycles. The summed E-state index contributed by atoms with van der Waals surface area (Å²) in [6.07, 6.45) is 0. The highest BCUT2D eigenvalue weighted by molar-refractivity contribution is 5.93. The molecule has 3 rings (SSSR count). The van der Waals surface area contributed by atoms with E-state index in [4.69, 9.17) is 10.5 Å². The van der Waals surface area contributed by atoms with Crippen molar-refractivity contribution in [3.05, 3.63) is 42.2 Å². The van der Waals surface area contributed by atoms with Gasteiger partial charge >= 0.3 is 0 Å². The van der Waals surface area contributed by atoms with Gasteiger partial charge in [0.25, 0.3) is 0 Å². The average Bonchev–Trinajstić information content (AvgIpc) is 2.53. The molecule has 0 atom stereocenters. The number of anilines is 2. The van der Waals surface area contributed by atoms with Gasteiger partial charge in [0.15, 0.2) is 0 Å². The molecule has 0 aliphatic rings. The smallest absolute Gasteiger partial charge is 0.222 e. The molecule has 1 heterocycles. The summed E-state index contributed by atoms with van der Waals surface area (Å²) in [5.74, 6) is 0.911. The van der Waals surface area contributed by atoms with Crippen LogP contribution in [0, 0.1) is 5.82 Å². The predicted molar refractivity (Wildman–Crippen MR) is 85.4 cm³/mol. The number of fused-ring (bicyclic) bond motifs is 1. The zero-order valence-corrected chi connectivity index (χ0v) is 12.2. The Balaban J connectivity index is 2.26. The Morgan fingerprint density at radius 2 is 2.00 bits per heavy atom. The molecule has 112 valence electrons. The van der Waals surface area contributed by atoms with Crippen molar-refractivity contribution in [1.82, 2.24) is 9.97 Å². The average molecular weight is 298 g/mol. The van der Waals surface area contributed by atoms with Crippen LogP contribution in [-0.4, -0.2) is 24.1 Å². The van der Waals surface area contributed by atoms with E-state index in [0.717, 1.165) is 5.39 Å². The summed E-state index contributed by atoms with van der Waals surface area (Å²) in [6, 6.07) is 10.1. The summed E-state index contributed by atoms with van der Waals surface area (Å²) < 4.78 is 19.4. The van der Waals surface area contributed by atoms with Crippen molar-refractivity contribution in [2.24, 2.45) is 0 Å². The van der Waals surface area contributed by atoms with E-state index in [2.05, 4.69) is 15.3 Å². The van der Waals surface area contributed by atoms with Crippen molar-refractivity contribution in [1.29, 1.82) is 0 Å². The van der Waals surface area contributed by atoms with Gasteiger partial charge in [-0.3, -0.25) is 0 Å². The molecule has 0 radical (unpaired) electrons. The summed E-state index contributed by atoms with van der Waals surface area (Å²) >= 11 is 0. The van der Waals surface area contributed by atoms with Gasteiger partial charge in [-0.25, -0.2) is 9.37 Å². The first-order chi connectivity index (χ1) is 10.6.